The van der Waals surface area contributed by atoms with E-state index in [1.807, 2.05) is 0 Å². The maximum Gasteiger partial charge on any atom is 0.102 e. The molecule has 0 radical (unpaired) electrons. The summed E-state index contributed by atoms with van der Waals surface area (Å²) in [6.45, 7) is 9.01. The lowest BCUT2D eigenvalue weighted by Crippen LogP contribution is -2.48. The topological polar surface area (TPSA) is 62.3 Å². The van der Waals surface area contributed by atoms with Crippen LogP contribution in [0.4, 0.5) is 0 Å². The van der Waals surface area contributed by atoms with Crippen LogP contribution in [0.15, 0.2) is 0 Å². The van der Waals surface area contributed by atoms with Gasteiger partial charge in [-0.3, -0.25) is 4.90 Å². The molecule has 0 aromatic carbocycles. The average molecular weight is 253 g/mol. The first-order chi connectivity index (χ1) is 8.48. The van der Waals surface area contributed by atoms with Gasteiger partial charge in [-0.15, -0.1) is 0 Å². The van der Waals surface area contributed by atoms with Crippen molar-refractivity contribution in [3.63, 3.8) is 0 Å². The number of ether oxygens (including phenoxy) is 1. The molecule has 1 heterocycles. The predicted molar refractivity (Wildman–Crippen MR) is 73.1 cm³/mol. The van der Waals surface area contributed by atoms with Crippen LogP contribution in [0.3, 0.4) is 0 Å². The minimum Gasteiger partial charge on any atom is -0.377 e. The summed E-state index contributed by atoms with van der Waals surface area (Å²) in [5.74, 6) is 0. The van der Waals surface area contributed by atoms with Crippen LogP contribution in [0.2, 0.25) is 0 Å². The second kappa shape index (κ2) is 7.08. The molecule has 0 aromatic rings. The van der Waals surface area contributed by atoms with E-state index in [0.717, 1.165) is 32.5 Å². The van der Waals surface area contributed by atoms with E-state index >= 15 is 0 Å². The lowest BCUT2D eigenvalue weighted by Gasteiger charge is -2.38. The van der Waals surface area contributed by atoms with Gasteiger partial charge in [-0.05, 0) is 46.1 Å². The zero-order valence-corrected chi connectivity index (χ0v) is 12.0. The molecule has 1 fully saturated rings. The molecule has 3 atom stereocenters. The molecule has 1 aliphatic rings. The van der Waals surface area contributed by atoms with Gasteiger partial charge in [0.15, 0.2) is 0 Å². The van der Waals surface area contributed by atoms with Crippen LogP contribution in [-0.4, -0.2) is 42.3 Å². The molecule has 0 spiro atoms. The fourth-order valence-electron chi connectivity index (χ4n) is 2.58. The van der Waals surface area contributed by atoms with Crippen LogP contribution >= 0.6 is 0 Å². The number of nitriles is 1. The van der Waals surface area contributed by atoms with Crippen molar-refractivity contribution in [2.45, 2.75) is 64.1 Å². The number of rotatable bonds is 6. The van der Waals surface area contributed by atoms with Crippen LogP contribution in [0.5, 0.6) is 0 Å². The van der Waals surface area contributed by atoms with Crippen LogP contribution in [0.25, 0.3) is 0 Å². The van der Waals surface area contributed by atoms with Crippen LogP contribution in [0, 0.1) is 11.3 Å². The lowest BCUT2D eigenvalue weighted by molar-refractivity contribution is -0.0126. The first kappa shape index (κ1) is 15.4. The standard InChI is InChI=1S/C14H27N3O/c1-4-8-18-13-6-5-7-17(10-13)12(2)9-14(3,16)11-15/h12-13H,4-10,16H2,1-3H3. The second-order valence-corrected chi connectivity index (χ2v) is 5.71. The van der Waals surface area contributed by atoms with Gasteiger partial charge in [0.05, 0.1) is 12.2 Å². The summed E-state index contributed by atoms with van der Waals surface area (Å²) in [5, 5.41) is 8.99. The maximum absolute atomic E-state index is 8.99. The van der Waals surface area contributed by atoms with Gasteiger partial charge >= 0.3 is 0 Å². The molecular weight excluding hydrogens is 226 g/mol. The monoisotopic (exact) mass is 253 g/mol. The quantitative estimate of drug-likeness (QED) is 0.785. The van der Waals surface area contributed by atoms with Crippen molar-refractivity contribution in [1.29, 1.82) is 5.26 Å². The van der Waals surface area contributed by atoms with Crippen molar-refractivity contribution in [3.8, 4) is 6.07 Å². The number of nitrogens with two attached hydrogens (primary N) is 1. The fraction of sp³-hybridized carbons (Fsp3) is 0.929. The molecule has 2 N–H and O–H groups in total. The van der Waals surface area contributed by atoms with Crippen molar-refractivity contribution in [2.24, 2.45) is 5.73 Å². The Morgan fingerprint density at radius 3 is 2.94 bits per heavy atom. The highest BCUT2D eigenvalue weighted by molar-refractivity contribution is 5.03. The third-order valence-electron chi connectivity index (χ3n) is 3.57. The van der Waals surface area contributed by atoms with Crippen LogP contribution in [0.1, 0.15) is 46.5 Å². The van der Waals surface area contributed by atoms with Gasteiger partial charge < -0.3 is 10.5 Å². The first-order valence-electron chi connectivity index (χ1n) is 7.04. The van der Waals surface area contributed by atoms with E-state index in [9.17, 15) is 0 Å². The molecule has 0 aromatic heterocycles. The van der Waals surface area contributed by atoms with Gasteiger partial charge in [0.1, 0.15) is 5.54 Å². The Hall–Kier alpha value is -0.630. The molecule has 0 aliphatic carbocycles. The Kier molecular flexibility index (Phi) is 6.07. The van der Waals surface area contributed by atoms with E-state index in [0.29, 0.717) is 18.6 Å². The third-order valence-corrected chi connectivity index (χ3v) is 3.57. The van der Waals surface area contributed by atoms with Crippen molar-refractivity contribution in [3.05, 3.63) is 0 Å². The van der Waals surface area contributed by atoms with Gasteiger partial charge in [0.2, 0.25) is 0 Å². The SMILES string of the molecule is CCCOC1CCCN(C(C)CC(C)(N)C#N)C1. The minimum atomic E-state index is -0.726. The summed E-state index contributed by atoms with van der Waals surface area (Å²) in [6.07, 6.45) is 4.46. The molecule has 4 heteroatoms. The summed E-state index contributed by atoms with van der Waals surface area (Å²) in [7, 11) is 0. The van der Waals surface area contributed by atoms with E-state index < -0.39 is 5.54 Å². The number of nitrogens with zero attached hydrogens (tertiary/aromatic N) is 2. The molecule has 1 saturated heterocycles. The van der Waals surface area contributed by atoms with Crippen LogP contribution in [-0.2, 0) is 4.74 Å². The van der Waals surface area contributed by atoms with Crippen molar-refractivity contribution >= 4 is 0 Å². The third kappa shape index (κ3) is 4.93. The van der Waals surface area contributed by atoms with Gasteiger partial charge in [-0.25, -0.2) is 0 Å². The molecular formula is C14H27N3O. The van der Waals surface area contributed by atoms with E-state index in [1.54, 1.807) is 6.92 Å². The fourth-order valence-corrected chi connectivity index (χ4v) is 2.58. The average Bonchev–Trinajstić information content (AvgIpc) is 2.36. The Morgan fingerprint density at radius 1 is 1.61 bits per heavy atom. The smallest absolute Gasteiger partial charge is 0.102 e. The number of hydrogen-bond acceptors (Lipinski definition) is 4. The number of likely N-dealkylation sites (tertiary alicyclic amines) is 1. The number of hydrogen-bond donors (Lipinski definition) is 1. The number of piperidine rings is 1. The normalized spacial score (nSPS) is 26.3. The second-order valence-electron chi connectivity index (χ2n) is 5.71. The molecule has 18 heavy (non-hydrogen) atoms. The van der Waals surface area contributed by atoms with Gasteiger partial charge in [-0.2, -0.15) is 5.26 Å². The van der Waals surface area contributed by atoms with Gasteiger partial charge in [0, 0.05) is 19.2 Å². The molecule has 1 rings (SSSR count). The maximum atomic E-state index is 8.99. The molecule has 104 valence electrons. The van der Waals surface area contributed by atoms with Gasteiger partial charge in [-0.1, -0.05) is 6.92 Å². The van der Waals surface area contributed by atoms with E-state index in [-0.39, 0.29) is 0 Å². The van der Waals surface area contributed by atoms with Crippen molar-refractivity contribution in [2.75, 3.05) is 19.7 Å². The highest BCUT2D eigenvalue weighted by Gasteiger charge is 2.28. The Labute approximate surface area is 111 Å². The Morgan fingerprint density at radius 2 is 2.33 bits per heavy atom. The summed E-state index contributed by atoms with van der Waals surface area (Å²) in [4.78, 5) is 2.41. The summed E-state index contributed by atoms with van der Waals surface area (Å²) >= 11 is 0. The molecule has 1 aliphatic heterocycles. The molecule has 0 amide bonds. The summed E-state index contributed by atoms with van der Waals surface area (Å²) in [5.41, 5.74) is 5.19. The highest BCUT2D eigenvalue weighted by Crippen LogP contribution is 2.20. The van der Waals surface area contributed by atoms with E-state index in [4.69, 9.17) is 15.7 Å². The summed E-state index contributed by atoms with van der Waals surface area (Å²) in [6, 6.07) is 2.52. The van der Waals surface area contributed by atoms with Gasteiger partial charge in [0.25, 0.3) is 0 Å². The largest absolute Gasteiger partial charge is 0.377 e. The van der Waals surface area contributed by atoms with E-state index in [2.05, 4.69) is 24.8 Å². The van der Waals surface area contributed by atoms with Crippen molar-refractivity contribution < 1.29 is 4.74 Å². The minimum absolute atomic E-state index is 0.340. The Bertz CT molecular complexity index is 285. The van der Waals surface area contributed by atoms with Crippen LogP contribution < -0.4 is 5.73 Å². The van der Waals surface area contributed by atoms with Crippen molar-refractivity contribution in [1.82, 2.24) is 4.90 Å². The molecule has 4 nitrogen and oxygen atoms in total. The molecule has 0 bridgehead atoms. The molecule has 0 saturated carbocycles. The van der Waals surface area contributed by atoms with E-state index in [1.165, 1.54) is 6.42 Å². The Balaban J connectivity index is 2.43. The predicted octanol–water partition coefficient (Wildman–Crippen LogP) is 1.90. The zero-order chi connectivity index (χ0) is 13.6. The molecule has 3 unspecified atom stereocenters. The summed E-state index contributed by atoms with van der Waals surface area (Å²) < 4.78 is 5.83. The zero-order valence-electron chi connectivity index (χ0n) is 12.0. The first-order valence-corrected chi connectivity index (χ1v) is 7.04. The highest BCUT2D eigenvalue weighted by atomic mass is 16.5. The lowest BCUT2D eigenvalue weighted by atomic mass is 9.94.